The molecule has 0 spiro atoms. The van der Waals surface area contributed by atoms with E-state index in [4.69, 9.17) is 0 Å². The van der Waals surface area contributed by atoms with E-state index in [9.17, 15) is 13.2 Å². The third-order valence-corrected chi connectivity index (χ3v) is 7.04. The van der Waals surface area contributed by atoms with Crippen LogP contribution in [0, 0.1) is 13.8 Å². The lowest BCUT2D eigenvalue weighted by molar-refractivity contribution is -0.115. The third-order valence-electron chi connectivity index (χ3n) is 4.36. The van der Waals surface area contributed by atoms with E-state index in [1.54, 1.807) is 31.2 Å². The second kappa shape index (κ2) is 7.17. The number of fused-ring (bicyclic) bond motifs is 1. The Kier molecular flexibility index (Phi) is 5.11. The van der Waals surface area contributed by atoms with Gasteiger partial charge in [-0.2, -0.15) is 0 Å². The number of thiazole rings is 1. The minimum absolute atomic E-state index is 0.0589. The number of carbonyl (C=O) groups excluding carboxylic acids is 1. The summed E-state index contributed by atoms with van der Waals surface area (Å²) in [5, 5.41) is 3.41. The number of nitrogens with one attached hydrogen (secondary N) is 1. The first-order valence-electron chi connectivity index (χ1n) is 8.28. The number of sulfone groups is 1. The molecule has 0 radical (unpaired) electrons. The zero-order chi connectivity index (χ0) is 18.9. The van der Waals surface area contributed by atoms with Crippen molar-refractivity contribution in [3.63, 3.8) is 0 Å². The summed E-state index contributed by atoms with van der Waals surface area (Å²) < 4.78 is 24.7. The van der Waals surface area contributed by atoms with Crippen LogP contribution >= 0.6 is 11.3 Å². The highest BCUT2D eigenvalue weighted by Gasteiger charge is 2.13. The number of nitrogens with zero attached hydrogens (tertiary/aromatic N) is 1. The fourth-order valence-electron chi connectivity index (χ4n) is 2.61. The molecule has 0 aliphatic carbocycles. The molecule has 136 valence electrons. The van der Waals surface area contributed by atoms with E-state index < -0.39 is 9.84 Å². The summed E-state index contributed by atoms with van der Waals surface area (Å²) in [4.78, 5) is 17.1. The number of benzene rings is 2. The number of hydrogen-bond acceptors (Lipinski definition) is 5. The number of aromatic nitrogens is 1. The first-order valence-corrected chi connectivity index (χ1v) is 10.8. The van der Waals surface area contributed by atoms with E-state index in [-0.39, 0.29) is 23.0 Å². The number of anilines is 1. The smallest absolute Gasteiger partial charge is 0.230 e. The number of carbonyl (C=O) groups is 1. The van der Waals surface area contributed by atoms with E-state index in [1.165, 1.54) is 16.9 Å². The molecule has 0 unspecified atom stereocenters. The van der Waals surface area contributed by atoms with Gasteiger partial charge >= 0.3 is 0 Å². The summed E-state index contributed by atoms with van der Waals surface area (Å²) in [6.07, 6.45) is 0.167. The van der Waals surface area contributed by atoms with Crippen LogP contribution in [0.15, 0.2) is 41.3 Å². The van der Waals surface area contributed by atoms with E-state index >= 15 is 0 Å². The lowest BCUT2D eigenvalue weighted by atomic mass is 10.1. The largest absolute Gasteiger partial charge is 0.302 e. The molecule has 5 nitrogen and oxygen atoms in total. The minimum Gasteiger partial charge on any atom is -0.302 e. The Balaban J connectivity index is 1.72. The zero-order valence-corrected chi connectivity index (χ0v) is 16.5. The molecular weight excluding hydrogens is 368 g/mol. The van der Waals surface area contributed by atoms with Gasteiger partial charge in [0.15, 0.2) is 15.0 Å². The molecule has 2 aromatic carbocycles. The van der Waals surface area contributed by atoms with Crippen LogP contribution in [0.25, 0.3) is 10.2 Å². The number of rotatable bonds is 5. The molecule has 0 aliphatic heterocycles. The van der Waals surface area contributed by atoms with Crippen LogP contribution in [0.1, 0.15) is 23.6 Å². The molecule has 3 aromatic rings. The summed E-state index contributed by atoms with van der Waals surface area (Å²) in [5.74, 6) is -0.118. The molecule has 1 N–H and O–H groups in total. The van der Waals surface area contributed by atoms with Crippen LogP contribution in [-0.4, -0.2) is 25.1 Å². The van der Waals surface area contributed by atoms with Crippen molar-refractivity contribution in [2.75, 3.05) is 11.1 Å². The molecule has 0 aliphatic rings. The van der Waals surface area contributed by atoms with Crippen molar-refractivity contribution in [1.82, 2.24) is 4.98 Å². The zero-order valence-electron chi connectivity index (χ0n) is 14.9. The number of amides is 1. The van der Waals surface area contributed by atoms with Crippen LogP contribution in [0.2, 0.25) is 0 Å². The van der Waals surface area contributed by atoms with Gasteiger partial charge in [0.05, 0.1) is 27.3 Å². The fraction of sp³-hybridized carbons (Fsp3) is 0.263. The highest BCUT2D eigenvalue weighted by Crippen LogP contribution is 2.29. The summed E-state index contributed by atoms with van der Waals surface area (Å²) >= 11 is 1.45. The van der Waals surface area contributed by atoms with Crippen molar-refractivity contribution >= 4 is 42.4 Å². The van der Waals surface area contributed by atoms with Gasteiger partial charge < -0.3 is 5.32 Å². The molecule has 0 fully saturated rings. The Morgan fingerprint density at radius 3 is 2.46 bits per heavy atom. The quantitative estimate of drug-likeness (QED) is 0.719. The average molecular weight is 389 g/mol. The predicted molar refractivity (Wildman–Crippen MR) is 106 cm³/mol. The third kappa shape index (κ3) is 3.78. The Labute approximate surface area is 157 Å². The molecule has 0 saturated carbocycles. The van der Waals surface area contributed by atoms with Crippen molar-refractivity contribution in [1.29, 1.82) is 0 Å². The number of aryl methyl sites for hydroxylation is 2. The normalized spacial score (nSPS) is 11.7. The van der Waals surface area contributed by atoms with Crippen molar-refractivity contribution in [3.8, 4) is 0 Å². The maximum atomic E-state index is 12.3. The van der Waals surface area contributed by atoms with Gasteiger partial charge in [-0.15, -0.1) is 0 Å². The lowest BCUT2D eigenvalue weighted by Crippen LogP contribution is -2.14. The van der Waals surface area contributed by atoms with Crippen molar-refractivity contribution in [2.45, 2.75) is 32.1 Å². The van der Waals surface area contributed by atoms with Gasteiger partial charge in [-0.05, 0) is 48.7 Å². The summed E-state index contributed by atoms with van der Waals surface area (Å²) in [6, 6.07) is 10.5. The summed E-state index contributed by atoms with van der Waals surface area (Å²) in [6.45, 7) is 5.67. The van der Waals surface area contributed by atoms with Gasteiger partial charge in [-0.25, -0.2) is 13.4 Å². The van der Waals surface area contributed by atoms with Crippen LogP contribution in [0.4, 0.5) is 5.13 Å². The Hall–Kier alpha value is -2.25. The van der Waals surface area contributed by atoms with Crippen molar-refractivity contribution < 1.29 is 13.2 Å². The molecule has 26 heavy (non-hydrogen) atoms. The van der Waals surface area contributed by atoms with E-state index in [0.29, 0.717) is 5.13 Å². The first-order chi connectivity index (χ1) is 12.3. The average Bonchev–Trinajstić information content (AvgIpc) is 3.02. The highest BCUT2D eigenvalue weighted by atomic mass is 32.2. The highest BCUT2D eigenvalue weighted by molar-refractivity contribution is 7.91. The maximum Gasteiger partial charge on any atom is 0.230 e. The van der Waals surface area contributed by atoms with Gasteiger partial charge in [0.2, 0.25) is 5.91 Å². The molecule has 0 atom stereocenters. The SMILES string of the molecule is CCS(=O)(=O)c1ccc(CC(=O)Nc2nc3c(C)c(C)ccc3s2)cc1. The minimum atomic E-state index is -3.22. The summed E-state index contributed by atoms with van der Waals surface area (Å²) in [7, 11) is -3.22. The molecule has 0 saturated heterocycles. The standard InChI is InChI=1S/C19H20N2O3S2/c1-4-26(23,24)15-8-6-14(7-9-15)11-17(22)20-19-21-18-13(3)12(2)5-10-16(18)25-19/h5-10H,4,11H2,1-3H3,(H,20,21,22). The number of hydrogen-bond donors (Lipinski definition) is 1. The first kappa shape index (κ1) is 18.5. The second-order valence-corrected chi connectivity index (χ2v) is 9.45. The van der Waals surface area contributed by atoms with Gasteiger partial charge in [0.25, 0.3) is 0 Å². The van der Waals surface area contributed by atoms with Gasteiger partial charge in [0.1, 0.15) is 0 Å². The second-order valence-electron chi connectivity index (χ2n) is 6.15. The molecule has 3 rings (SSSR count). The fourth-order valence-corrected chi connectivity index (χ4v) is 4.44. The van der Waals surface area contributed by atoms with Gasteiger partial charge in [-0.3, -0.25) is 4.79 Å². The molecule has 0 bridgehead atoms. The topological polar surface area (TPSA) is 76.1 Å². The lowest BCUT2D eigenvalue weighted by Gasteiger charge is -2.04. The predicted octanol–water partition coefficient (Wildman–Crippen LogP) is 3.89. The maximum absolute atomic E-state index is 12.3. The van der Waals surface area contributed by atoms with Crippen molar-refractivity contribution in [2.24, 2.45) is 0 Å². The van der Waals surface area contributed by atoms with Crippen LogP contribution < -0.4 is 5.32 Å². The molecular formula is C19H20N2O3S2. The monoisotopic (exact) mass is 388 g/mol. The van der Waals surface area contributed by atoms with E-state index in [2.05, 4.69) is 10.3 Å². The Bertz CT molecular complexity index is 1070. The van der Waals surface area contributed by atoms with Crippen LogP contribution in [0.5, 0.6) is 0 Å². The van der Waals surface area contributed by atoms with Gasteiger partial charge in [-0.1, -0.05) is 36.5 Å². The van der Waals surface area contributed by atoms with Gasteiger partial charge in [0, 0.05) is 0 Å². The molecule has 1 heterocycles. The molecule has 1 aromatic heterocycles. The Morgan fingerprint density at radius 1 is 1.12 bits per heavy atom. The molecule has 1 amide bonds. The van der Waals surface area contributed by atoms with E-state index in [1.807, 2.05) is 26.0 Å². The molecule has 7 heteroatoms. The van der Waals surface area contributed by atoms with Crippen LogP contribution in [-0.2, 0) is 21.1 Å². The van der Waals surface area contributed by atoms with Crippen molar-refractivity contribution in [3.05, 3.63) is 53.1 Å². The van der Waals surface area contributed by atoms with Crippen LogP contribution in [0.3, 0.4) is 0 Å². The van der Waals surface area contributed by atoms with E-state index in [0.717, 1.165) is 21.3 Å². The summed E-state index contributed by atoms with van der Waals surface area (Å²) in [5.41, 5.74) is 3.96. The Morgan fingerprint density at radius 2 is 1.81 bits per heavy atom.